The van der Waals surface area contributed by atoms with E-state index in [2.05, 4.69) is 15.4 Å². The summed E-state index contributed by atoms with van der Waals surface area (Å²) in [5, 5.41) is 7.64. The number of hydrogen-bond donors (Lipinski definition) is 1. The van der Waals surface area contributed by atoms with Crippen molar-refractivity contribution in [1.82, 2.24) is 14.8 Å². The van der Waals surface area contributed by atoms with Gasteiger partial charge >= 0.3 is 0 Å². The van der Waals surface area contributed by atoms with E-state index in [0.717, 1.165) is 23.6 Å². The van der Waals surface area contributed by atoms with Crippen molar-refractivity contribution in [3.05, 3.63) is 28.0 Å². The highest BCUT2D eigenvalue weighted by atomic mass is 32.1. The van der Waals surface area contributed by atoms with Crippen LogP contribution in [0.3, 0.4) is 0 Å². The molecule has 80 valence electrons. The number of rotatable bonds is 3. The Morgan fingerprint density at radius 2 is 2.20 bits per heavy atom. The molecule has 0 atom stereocenters. The van der Waals surface area contributed by atoms with Crippen molar-refractivity contribution in [3.8, 4) is 0 Å². The van der Waals surface area contributed by atoms with E-state index < -0.39 is 0 Å². The van der Waals surface area contributed by atoms with E-state index >= 15 is 0 Å². The van der Waals surface area contributed by atoms with Crippen LogP contribution < -0.4 is 5.32 Å². The number of thiazole rings is 1. The van der Waals surface area contributed by atoms with E-state index in [4.69, 9.17) is 0 Å². The number of anilines is 1. The predicted octanol–water partition coefficient (Wildman–Crippen LogP) is 2.11. The molecular formula is C10H14N4S. The first-order chi connectivity index (χ1) is 7.16. The average Bonchev–Trinajstić information content (AvgIpc) is 2.70. The summed E-state index contributed by atoms with van der Waals surface area (Å²) in [6.45, 7) is 4.86. The molecule has 1 N–H and O–H groups in total. The van der Waals surface area contributed by atoms with E-state index in [-0.39, 0.29) is 0 Å². The summed E-state index contributed by atoms with van der Waals surface area (Å²) in [7, 11) is 1.93. The van der Waals surface area contributed by atoms with Gasteiger partial charge in [-0.05, 0) is 13.8 Å². The first kappa shape index (κ1) is 10.2. The minimum Gasteiger partial charge on any atom is -0.377 e. The summed E-state index contributed by atoms with van der Waals surface area (Å²) < 4.78 is 1.82. The smallest absolute Gasteiger partial charge is 0.0825 e. The van der Waals surface area contributed by atoms with Gasteiger partial charge in [-0.3, -0.25) is 4.68 Å². The van der Waals surface area contributed by atoms with Crippen LogP contribution in [0.2, 0.25) is 0 Å². The van der Waals surface area contributed by atoms with E-state index in [0.29, 0.717) is 0 Å². The fourth-order valence-electron chi connectivity index (χ4n) is 1.44. The molecule has 15 heavy (non-hydrogen) atoms. The second kappa shape index (κ2) is 4.02. The Morgan fingerprint density at radius 3 is 2.73 bits per heavy atom. The number of nitrogens with zero attached hydrogens (tertiary/aromatic N) is 3. The normalized spacial score (nSPS) is 10.6. The fraction of sp³-hybridized carbons (Fsp3) is 0.400. The number of aryl methyl sites for hydroxylation is 3. The summed E-state index contributed by atoms with van der Waals surface area (Å²) in [5.74, 6) is 0. The van der Waals surface area contributed by atoms with Crippen LogP contribution in [0, 0.1) is 13.8 Å². The van der Waals surface area contributed by atoms with Gasteiger partial charge < -0.3 is 5.32 Å². The van der Waals surface area contributed by atoms with Crippen LogP contribution in [0.15, 0.2) is 11.7 Å². The van der Waals surface area contributed by atoms with Gasteiger partial charge in [0.1, 0.15) is 0 Å². The van der Waals surface area contributed by atoms with Crippen molar-refractivity contribution in [2.45, 2.75) is 20.4 Å². The molecule has 5 heteroatoms. The highest BCUT2D eigenvalue weighted by Gasteiger charge is 2.04. The molecule has 0 aromatic carbocycles. The van der Waals surface area contributed by atoms with Gasteiger partial charge in [-0.25, -0.2) is 4.98 Å². The van der Waals surface area contributed by atoms with Gasteiger partial charge in [-0.15, -0.1) is 11.3 Å². The average molecular weight is 222 g/mol. The largest absolute Gasteiger partial charge is 0.377 e. The van der Waals surface area contributed by atoms with E-state index in [1.807, 2.05) is 37.3 Å². The molecule has 4 nitrogen and oxygen atoms in total. The van der Waals surface area contributed by atoms with Crippen LogP contribution >= 0.6 is 11.3 Å². The molecular weight excluding hydrogens is 208 g/mol. The lowest BCUT2D eigenvalue weighted by Gasteiger charge is -2.02. The molecule has 2 aromatic heterocycles. The van der Waals surface area contributed by atoms with Gasteiger partial charge in [0.25, 0.3) is 0 Å². The fourth-order valence-corrected chi connectivity index (χ4v) is 2.16. The number of aromatic nitrogens is 3. The Kier molecular flexibility index (Phi) is 2.73. The van der Waals surface area contributed by atoms with Gasteiger partial charge in [0.05, 0.1) is 29.1 Å². The molecule has 0 amide bonds. The first-order valence-electron chi connectivity index (χ1n) is 4.80. The summed E-state index contributed by atoms with van der Waals surface area (Å²) in [6, 6.07) is 0. The molecule has 0 saturated heterocycles. The monoisotopic (exact) mass is 222 g/mol. The van der Waals surface area contributed by atoms with E-state index in [1.165, 1.54) is 4.88 Å². The van der Waals surface area contributed by atoms with Gasteiger partial charge in [0, 0.05) is 18.1 Å². The predicted molar refractivity (Wildman–Crippen MR) is 62.1 cm³/mol. The van der Waals surface area contributed by atoms with Crippen LogP contribution in [0.1, 0.15) is 16.3 Å². The SMILES string of the molecule is Cc1nn(C)cc1NCc1scnc1C. The summed E-state index contributed by atoms with van der Waals surface area (Å²) in [4.78, 5) is 5.49. The van der Waals surface area contributed by atoms with Gasteiger partial charge in [0.15, 0.2) is 0 Å². The maximum Gasteiger partial charge on any atom is 0.0825 e. The van der Waals surface area contributed by atoms with Crippen LogP contribution in [0.4, 0.5) is 5.69 Å². The van der Waals surface area contributed by atoms with Gasteiger partial charge in [0.2, 0.25) is 0 Å². The molecule has 0 spiro atoms. The molecule has 0 aliphatic carbocycles. The molecule has 0 saturated carbocycles. The molecule has 0 unspecified atom stereocenters. The third kappa shape index (κ3) is 2.18. The van der Waals surface area contributed by atoms with Crippen LogP contribution in [0.25, 0.3) is 0 Å². The van der Waals surface area contributed by atoms with Crippen molar-refractivity contribution in [2.24, 2.45) is 7.05 Å². The third-order valence-corrected chi connectivity index (χ3v) is 3.23. The Labute approximate surface area is 93.0 Å². The molecule has 2 aromatic rings. The van der Waals surface area contributed by atoms with Crippen molar-refractivity contribution in [2.75, 3.05) is 5.32 Å². The Balaban J connectivity index is 2.05. The summed E-state index contributed by atoms with van der Waals surface area (Å²) in [6.07, 6.45) is 1.99. The minimum absolute atomic E-state index is 0.822. The summed E-state index contributed by atoms with van der Waals surface area (Å²) >= 11 is 1.68. The van der Waals surface area contributed by atoms with Crippen molar-refractivity contribution in [3.63, 3.8) is 0 Å². The van der Waals surface area contributed by atoms with Crippen molar-refractivity contribution < 1.29 is 0 Å². The molecule has 0 aliphatic heterocycles. The van der Waals surface area contributed by atoms with Crippen LogP contribution in [-0.2, 0) is 13.6 Å². The highest BCUT2D eigenvalue weighted by molar-refractivity contribution is 7.09. The molecule has 0 aliphatic rings. The minimum atomic E-state index is 0.822. The molecule has 2 heterocycles. The topological polar surface area (TPSA) is 42.7 Å². The number of hydrogen-bond acceptors (Lipinski definition) is 4. The highest BCUT2D eigenvalue weighted by Crippen LogP contribution is 2.16. The summed E-state index contributed by atoms with van der Waals surface area (Å²) in [5.41, 5.74) is 5.10. The first-order valence-corrected chi connectivity index (χ1v) is 5.68. The second-order valence-corrected chi connectivity index (χ2v) is 4.46. The van der Waals surface area contributed by atoms with E-state index in [1.54, 1.807) is 11.3 Å². The molecule has 0 radical (unpaired) electrons. The van der Waals surface area contributed by atoms with Crippen LogP contribution in [-0.4, -0.2) is 14.8 Å². The third-order valence-electron chi connectivity index (χ3n) is 2.30. The van der Waals surface area contributed by atoms with Crippen molar-refractivity contribution in [1.29, 1.82) is 0 Å². The Bertz CT molecular complexity index is 458. The lowest BCUT2D eigenvalue weighted by Crippen LogP contribution is -1.99. The maximum atomic E-state index is 4.28. The maximum absolute atomic E-state index is 4.28. The second-order valence-electron chi connectivity index (χ2n) is 3.52. The zero-order chi connectivity index (χ0) is 10.8. The quantitative estimate of drug-likeness (QED) is 0.865. The van der Waals surface area contributed by atoms with E-state index in [9.17, 15) is 0 Å². The molecule has 0 fully saturated rings. The van der Waals surface area contributed by atoms with Gasteiger partial charge in [-0.2, -0.15) is 5.10 Å². The van der Waals surface area contributed by atoms with Crippen molar-refractivity contribution >= 4 is 17.0 Å². The lowest BCUT2D eigenvalue weighted by atomic mass is 10.3. The lowest BCUT2D eigenvalue weighted by molar-refractivity contribution is 0.756. The Morgan fingerprint density at radius 1 is 1.40 bits per heavy atom. The Hall–Kier alpha value is -1.36. The standard InChI is InChI=1S/C10H14N4S/c1-7-9(5-14(3)13-7)11-4-10-8(2)12-6-15-10/h5-6,11H,4H2,1-3H3. The molecule has 0 bridgehead atoms. The zero-order valence-corrected chi connectivity index (χ0v) is 9.93. The van der Waals surface area contributed by atoms with Crippen LogP contribution in [0.5, 0.6) is 0 Å². The number of nitrogens with one attached hydrogen (secondary N) is 1. The molecule has 2 rings (SSSR count). The van der Waals surface area contributed by atoms with Gasteiger partial charge in [-0.1, -0.05) is 0 Å². The zero-order valence-electron chi connectivity index (χ0n) is 9.11.